The van der Waals surface area contributed by atoms with Crippen LogP contribution < -0.4 is 14.5 Å². The molecule has 2 aromatic carbocycles. The van der Waals surface area contributed by atoms with Crippen LogP contribution in [0.3, 0.4) is 0 Å². The number of allylic oxidation sites excluding steroid dienone is 2. The van der Waals surface area contributed by atoms with Crippen molar-refractivity contribution in [3.8, 4) is 5.75 Å². The third-order valence-corrected chi connectivity index (χ3v) is 12.6. The lowest BCUT2D eigenvalue weighted by molar-refractivity contribution is -0.139. The van der Waals surface area contributed by atoms with Crippen LogP contribution in [-0.2, 0) is 19.2 Å². The van der Waals surface area contributed by atoms with Gasteiger partial charge in [-0.2, -0.15) is 0 Å². The third-order valence-electron chi connectivity index (χ3n) is 8.11. The molecule has 2 aliphatic heterocycles. The molecule has 4 aliphatic rings. The first-order valence-corrected chi connectivity index (χ1v) is 14.9. The molecule has 3 fully saturated rings. The maximum atomic E-state index is 13.7. The molecule has 214 valence electrons. The molecular weight excluding hydrogens is 680 g/mol. The Morgan fingerprint density at radius 1 is 0.902 bits per heavy atom. The number of carbonyl (C=O) groups is 4. The minimum absolute atomic E-state index is 0.0237. The smallest absolute Gasteiger partial charge is 0.316 e. The Kier molecular flexibility index (Phi) is 6.91. The van der Waals surface area contributed by atoms with Crippen molar-refractivity contribution in [2.75, 3.05) is 16.3 Å². The Morgan fingerprint density at radius 2 is 1.51 bits per heavy atom. The zero-order valence-electron chi connectivity index (χ0n) is 20.8. The van der Waals surface area contributed by atoms with Gasteiger partial charge < -0.3 is 9.64 Å². The Bertz CT molecular complexity index is 1570. The van der Waals surface area contributed by atoms with E-state index in [1.165, 1.54) is 23.1 Å². The Hall–Kier alpha value is -1.71. The van der Waals surface area contributed by atoms with E-state index in [2.05, 4.69) is 0 Å². The average Bonchev–Trinajstić information content (AvgIpc) is 3.50. The van der Waals surface area contributed by atoms with Gasteiger partial charge in [0.1, 0.15) is 15.5 Å². The Morgan fingerprint density at radius 3 is 2.07 bits per heavy atom. The van der Waals surface area contributed by atoms with Crippen molar-refractivity contribution in [1.29, 1.82) is 0 Å². The van der Waals surface area contributed by atoms with Crippen molar-refractivity contribution in [1.82, 2.24) is 0 Å². The topological polar surface area (TPSA) is 84.0 Å². The van der Waals surface area contributed by atoms with Crippen molar-refractivity contribution in [3.63, 3.8) is 0 Å². The second-order valence-electron chi connectivity index (χ2n) is 10.3. The number of hydrogen-bond donors (Lipinski definition) is 0. The fourth-order valence-electron chi connectivity index (χ4n) is 6.13. The number of amides is 3. The number of rotatable bonds is 4. The Labute approximate surface area is 269 Å². The second-order valence-corrected chi connectivity index (χ2v) is 14.1. The van der Waals surface area contributed by atoms with E-state index in [4.69, 9.17) is 85.9 Å². The van der Waals surface area contributed by atoms with Crippen LogP contribution >= 0.6 is 81.2 Å². The van der Waals surface area contributed by atoms with E-state index in [1.807, 2.05) is 0 Å². The van der Waals surface area contributed by atoms with Gasteiger partial charge in [0.2, 0.25) is 17.7 Å². The third kappa shape index (κ3) is 3.79. The van der Waals surface area contributed by atoms with Crippen molar-refractivity contribution in [3.05, 3.63) is 63.1 Å². The van der Waals surface area contributed by atoms with Crippen LogP contribution in [0.4, 0.5) is 11.4 Å². The lowest BCUT2D eigenvalue weighted by Crippen LogP contribution is -2.50. The van der Waals surface area contributed by atoms with Gasteiger partial charge in [-0.05, 0) is 48.9 Å². The number of anilines is 2. The molecule has 2 bridgehead atoms. The first kappa shape index (κ1) is 29.4. The van der Waals surface area contributed by atoms with Gasteiger partial charge in [-0.1, -0.05) is 64.1 Å². The molecule has 2 heterocycles. The van der Waals surface area contributed by atoms with Crippen LogP contribution in [-0.4, -0.2) is 44.3 Å². The summed E-state index contributed by atoms with van der Waals surface area (Å²) in [7, 11) is 0. The first-order valence-electron chi connectivity index (χ1n) is 12.2. The van der Waals surface area contributed by atoms with Crippen LogP contribution in [0, 0.1) is 24.7 Å². The molecule has 7 nitrogen and oxygen atoms in total. The summed E-state index contributed by atoms with van der Waals surface area (Å²) in [5.41, 5.74) is 1.25. The maximum absolute atomic E-state index is 13.7. The predicted molar refractivity (Wildman–Crippen MR) is 159 cm³/mol. The highest BCUT2D eigenvalue weighted by atomic mass is 35.5. The van der Waals surface area contributed by atoms with Crippen LogP contribution in [0.1, 0.15) is 12.0 Å². The highest BCUT2D eigenvalue weighted by Crippen LogP contribution is 2.77. The summed E-state index contributed by atoms with van der Waals surface area (Å²) < 4.78 is 3.54. The van der Waals surface area contributed by atoms with Gasteiger partial charge in [-0.15, -0.1) is 23.2 Å². The number of aryl methyl sites for hydroxylation is 1. The predicted octanol–water partition coefficient (Wildman–Crippen LogP) is 6.56. The molecule has 0 N–H and O–H groups in total. The molecule has 0 aromatic heterocycles. The zero-order chi connectivity index (χ0) is 29.8. The van der Waals surface area contributed by atoms with Gasteiger partial charge in [-0.25, -0.2) is 4.90 Å². The fourth-order valence-corrected chi connectivity index (χ4v) is 9.25. The summed E-state index contributed by atoms with van der Waals surface area (Å²) in [5, 5.41) is 0.115. The number of hydrogen-bond acceptors (Lipinski definition) is 5. The molecular formula is C27H17Cl7N2O5. The van der Waals surface area contributed by atoms with Crippen molar-refractivity contribution in [2.45, 2.75) is 27.4 Å². The summed E-state index contributed by atoms with van der Waals surface area (Å²) in [6.07, 6.45) is -0.0237. The van der Waals surface area contributed by atoms with Gasteiger partial charge in [0, 0.05) is 23.7 Å². The monoisotopic (exact) mass is 694 g/mol. The van der Waals surface area contributed by atoms with E-state index in [9.17, 15) is 19.2 Å². The average molecular weight is 698 g/mol. The molecule has 41 heavy (non-hydrogen) atoms. The van der Waals surface area contributed by atoms with E-state index >= 15 is 0 Å². The van der Waals surface area contributed by atoms with E-state index in [-0.39, 0.29) is 40.4 Å². The lowest BCUT2D eigenvalue weighted by Gasteiger charge is -2.34. The number of benzene rings is 2. The number of esters is 1. The van der Waals surface area contributed by atoms with E-state index in [0.717, 1.165) is 4.90 Å². The number of nitrogens with zero attached hydrogens (tertiary/aromatic N) is 2. The first-order chi connectivity index (χ1) is 19.2. The molecule has 5 atom stereocenters. The summed E-state index contributed by atoms with van der Waals surface area (Å²) in [6, 6.07) is 11.2. The molecule has 6 rings (SSSR count). The number of halogens is 7. The van der Waals surface area contributed by atoms with Gasteiger partial charge in [-0.3, -0.25) is 19.2 Å². The summed E-state index contributed by atoms with van der Waals surface area (Å²) in [5.74, 6) is -5.28. The molecule has 2 aliphatic carbocycles. The minimum Gasteiger partial charge on any atom is -0.426 e. The molecule has 1 saturated carbocycles. The fraction of sp³-hybridized carbons (Fsp3) is 0.333. The highest BCUT2D eigenvalue weighted by Gasteiger charge is 2.87. The SMILES string of the molecule is Cc1cc(OC(=O)[C@@H]2CC(=O)N(c3cccc(Cl)c3)C2)ccc1N1C(=O)[C@H]2[C@H](C1=O)[C@@]1(Cl)C(Cl)=C(Cl)[C@@]2(Cl)C1(Cl)Cl. The standard InChI is InChI=1S/C27H17Cl7N2O5/c1-11-7-15(41-24(40)12-8-17(37)35(10-12)14-4-2-3-13(28)9-14)5-6-16(11)36-22(38)18-19(23(36)39)26(32)21(30)20(29)25(18,31)27(26,33)34/h2-7,9,12,18-19H,8,10H2,1H3/t12-,18-,19-,25-,26-/m1/s1. The van der Waals surface area contributed by atoms with Gasteiger partial charge >= 0.3 is 5.97 Å². The number of fused-ring (bicyclic) bond motifs is 5. The normalized spacial score (nSPS) is 31.9. The van der Waals surface area contributed by atoms with E-state index < -0.39 is 49.6 Å². The van der Waals surface area contributed by atoms with Gasteiger partial charge in [0.15, 0.2) is 4.33 Å². The molecule has 0 radical (unpaired) electrons. The zero-order valence-corrected chi connectivity index (χ0v) is 26.1. The van der Waals surface area contributed by atoms with E-state index in [0.29, 0.717) is 16.3 Å². The van der Waals surface area contributed by atoms with Crippen molar-refractivity contribution in [2.24, 2.45) is 17.8 Å². The summed E-state index contributed by atoms with van der Waals surface area (Å²) >= 11 is 45.4. The quantitative estimate of drug-likeness (QED) is 0.157. The van der Waals surface area contributed by atoms with Crippen LogP contribution in [0.25, 0.3) is 0 Å². The number of alkyl halides is 4. The molecule has 0 spiro atoms. The molecule has 3 amide bonds. The second kappa shape index (κ2) is 9.65. The minimum atomic E-state index is -2.03. The lowest BCUT2D eigenvalue weighted by atomic mass is 9.84. The number of ether oxygens (including phenoxy) is 1. The Balaban J connectivity index is 1.22. The number of carbonyl (C=O) groups excluding carboxylic acids is 4. The molecule has 14 heteroatoms. The van der Waals surface area contributed by atoms with Crippen molar-refractivity contribution >= 4 is 116 Å². The summed E-state index contributed by atoms with van der Waals surface area (Å²) in [6.45, 7) is 1.77. The van der Waals surface area contributed by atoms with Gasteiger partial charge in [0.05, 0.1) is 33.5 Å². The molecule has 2 saturated heterocycles. The maximum Gasteiger partial charge on any atom is 0.316 e. The van der Waals surface area contributed by atoms with Crippen molar-refractivity contribution < 1.29 is 23.9 Å². The van der Waals surface area contributed by atoms with Crippen LogP contribution in [0.2, 0.25) is 5.02 Å². The van der Waals surface area contributed by atoms with E-state index in [1.54, 1.807) is 31.2 Å². The van der Waals surface area contributed by atoms with Gasteiger partial charge in [0.25, 0.3) is 0 Å². The molecule has 2 aromatic rings. The van der Waals surface area contributed by atoms with Crippen LogP contribution in [0.15, 0.2) is 52.5 Å². The summed E-state index contributed by atoms with van der Waals surface area (Å²) in [4.78, 5) is 51.4. The largest absolute Gasteiger partial charge is 0.426 e. The molecule has 0 unspecified atom stereocenters. The number of imide groups is 1. The van der Waals surface area contributed by atoms with Crippen LogP contribution in [0.5, 0.6) is 5.75 Å². The highest BCUT2D eigenvalue weighted by molar-refractivity contribution is 6.67.